The third-order valence-corrected chi connectivity index (χ3v) is 6.19. The van der Waals surface area contributed by atoms with Gasteiger partial charge in [-0.1, -0.05) is 24.3 Å². The van der Waals surface area contributed by atoms with Crippen LogP contribution >= 0.6 is 0 Å². The topological polar surface area (TPSA) is 76.1 Å². The van der Waals surface area contributed by atoms with Crippen LogP contribution in [0.15, 0.2) is 72.3 Å². The van der Waals surface area contributed by atoms with E-state index in [0.717, 1.165) is 23.3 Å². The molecule has 5 rings (SSSR count). The van der Waals surface area contributed by atoms with Crippen molar-refractivity contribution in [3.05, 3.63) is 94.6 Å². The Kier molecular flexibility index (Phi) is 5.57. The third kappa shape index (κ3) is 3.71. The maximum atomic E-state index is 13.3. The van der Waals surface area contributed by atoms with Crippen molar-refractivity contribution in [3.8, 4) is 11.5 Å². The maximum absolute atomic E-state index is 13.3. The van der Waals surface area contributed by atoms with Gasteiger partial charge in [-0.2, -0.15) is 0 Å². The molecule has 1 atom stereocenters. The fraction of sp³-hybridized carbons (Fsp3) is 0.214. The molecule has 6 nitrogen and oxygen atoms in total. The molecule has 3 aromatic carbocycles. The summed E-state index contributed by atoms with van der Waals surface area (Å²) in [6, 6.07) is 19.3. The van der Waals surface area contributed by atoms with Gasteiger partial charge < -0.3 is 14.6 Å². The van der Waals surface area contributed by atoms with Gasteiger partial charge in [0.05, 0.1) is 24.8 Å². The largest absolute Gasteiger partial charge is 0.507 e. The van der Waals surface area contributed by atoms with Crippen LogP contribution in [0.25, 0.3) is 5.76 Å². The Hall–Kier alpha value is -4.06. The number of nitrogens with zero attached hydrogens (tertiary/aromatic N) is 1. The van der Waals surface area contributed by atoms with Crippen molar-refractivity contribution in [2.45, 2.75) is 26.3 Å². The summed E-state index contributed by atoms with van der Waals surface area (Å²) in [5.74, 6) is -0.107. The molecule has 0 saturated carbocycles. The summed E-state index contributed by atoms with van der Waals surface area (Å²) < 4.78 is 11.1. The van der Waals surface area contributed by atoms with Crippen molar-refractivity contribution in [2.24, 2.45) is 0 Å². The van der Waals surface area contributed by atoms with Crippen molar-refractivity contribution in [1.29, 1.82) is 0 Å². The Bertz CT molecular complexity index is 1310. The number of benzene rings is 3. The summed E-state index contributed by atoms with van der Waals surface area (Å²) in [4.78, 5) is 28.1. The summed E-state index contributed by atoms with van der Waals surface area (Å²) in [5, 5.41) is 11.3. The predicted octanol–water partition coefficient (Wildman–Crippen LogP) is 4.95. The lowest BCUT2D eigenvalue weighted by molar-refractivity contribution is -0.132. The van der Waals surface area contributed by atoms with E-state index in [2.05, 4.69) is 0 Å². The van der Waals surface area contributed by atoms with E-state index in [1.807, 2.05) is 62.4 Å². The minimum absolute atomic E-state index is 0.0644. The van der Waals surface area contributed by atoms with Crippen LogP contribution in [0.1, 0.15) is 35.2 Å². The number of anilines is 1. The molecular weight excluding hydrogens is 430 g/mol. The number of aliphatic hydroxyl groups excluding tert-OH is 1. The summed E-state index contributed by atoms with van der Waals surface area (Å²) in [5.41, 5.74) is 3.78. The van der Waals surface area contributed by atoms with Crippen LogP contribution in [-0.2, 0) is 16.0 Å². The maximum Gasteiger partial charge on any atom is 0.300 e. The van der Waals surface area contributed by atoms with E-state index in [-0.39, 0.29) is 11.3 Å². The molecule has 3 aromatic rings. The second-order valence-corrected chi connectivity index (χ2v) is 8.43. The average Bonchev–Trinajstić information content (AvgIpc) is 3.41. The first-order chi connectivity index (χ1) is 16.5. The zero-order valence-electron chi connectivity index (χ0n) is 19.1. The molecule has 0 aromatic heterocycles. The fourth-order valence-electron chi connectivity index (χ4n) is 4.59. The lowest BCUT2D eigenvalue weighted by Crippen LogP contribution is -2.29. The van der Waals surface area contributed by atoms with Gasteiger partial charge in [0.15, 0.2) is 0 Å². The van der Waals surface area contributed by atoms with Crippen LogP contribution in [0.5, 0.6) is 11.5 Å². The van der Waals surface area contributed by atoms with Gasteiger partial charge in [-0.05, 0) is 73.0 Å². The molecule has 172 valence electrons. The molecule has 2 aliphatic rings. The number of hydrogen-bond acceptors (Lipinski definition) is 5. The standard InChI is InChI=1S/C28H25NO5/c1-3-33-22-10-7-18(8-11-22)25-24(26(30)20-9-12-23-19(16-20)13-14-34-23)27(31)28(32)29(25)21-6-4-5-17(2)15-21/h4-12,15-16,25,30H,3,13-14H2,1-2H3/b26-24-. The summed E-state index contributed by atoms with van der Waals surface area (Å²) in [6.45, 7) is 4.95. The Balaban J connectivity index is 1.68. The predicted molar refractivity (Wildman–Crippen MR) is 129 cm³/mol. The minimum atomic E-state index is -0.776. The smallest absolute Gasteiger partial charge is 0.300 e. The van der Waals surface area contributed by atoms with Crippen molar-refractivity contribution < 1.29 is 24.2 Å². The quantitative estimate of drug-likeness (QED) is 0.335. The van der Waals surface area contributed by atoms with E-state index in [0.29, 0.717) is 35.8 Å². The van der Waals surface area contributed by atoms with Crippen LogP contribution in [0.3, 0.4) is 0 Å². The van der Waals surface area contributed by atoms with E-state index in [9.17, 15) is 14.7 Å². The number of aryl methyl sites for hydroxylation is 1. The van der Waals surface area contributed by atoms with Gasteiger partial charge in [-0.25, -0.2) is 0 Å². The molecule has 0 aliphatic carbocycles. The van der Waals surface area contributed by atoms with E-state index in [4.69, 9.17) is 9.47 Å². The molecule has 6 heteroatoms. The molecule has 1 amide bonds. The van der Waals surface area contributed by atoms with Crippen LogP contribution in [0, 0.1) is 6.92 Å². The van der Waals surface area contributed by atoms with E-state index in [1.165, 1.54) is 4.90 Å². The van der Waals surface area contributed by atoms with Crippen LogP contribution in [-0.4, -0.2) is 30.0 Å². The number of aliphatic hydroxyl groups is 1. The number of carbonyl (C=O) groups is 2. The van der Waals surface area contributed by atoms with Gasteiger partial charge in [-0.3, -0.25) is 14.5 Å². The van der Waals surface area contributed by atoms with Gasteiger partial charge in [0.25, 0.3) is 11.7 Å². The normalized spacial score (nSPS) is 18.6. The Morgan fingerprint density at radius 2 is 1.88 bits per heavy atom. The molecule has 1 N–H and O–H groups in total. The second-order valence-electron chi connectivity index (χ2n) is 8.43. The summed E-state index contributed by atoms with van der Waals surface area (Å²) in [6.07, 6.45) is 0.733. The van der Waals surface area contributed by atoms with Crippen molar-refractivity contribution in [3.63, 3.8) is 0 Å². The highest BCUT2D eigenvalue weighted by Gasteiger charge is 2.47. The Morgan fingerprint density at radius 3 is 2.62 bits per heavy atom. The first kappa shape index (κ1) is 21.8. The summed E-state index contributed by atoms with van der Waals surface area (Å²) >= 11 is 0. The van der Waals surface area contributed by atoms with E-state index >= 15 is 0 Å². The molecule has 1 fully saturated rings. The zero-order valence-corrected chi connectivity index (χ0v) is 19.1. The molecular formula is C28H25NO5. The summed E-state index contributed by atoms with van der Waals surface area (Å²) in [7, 11) is 0. The molecule has 34 heavy (non-hydrogen) atoms. The Morgan fingerprint density at radius 1 is 1.09 bits per heavy atom. The van der Waals surface area contributed by atoms with Crippen molar-refractivity contribution in [2.75, 3.05) is 18.1 Å². The zero-order chi connectivity index (χ0) is 23.8. The number of rotatable bonds is 5. The van der Waals surface area contributed by atoms with Crippen LogP contribution in [0.2, 0.25) is 0 Å². The number of fused-ring (bicyclic) bond motifs is 1. The molecule has 1 unspecified atom stereocenters. The first-order valence-electron chi connectivity index (χ1n) is 11.3. The molecule has 2 heterocycles. The first-order valence-corrected chi connectivity index (χ1v) is 11.3. The second kappa shape index (κ2) is 8.71. The fourth-order valence-corrected chi connectivity index (χ4v) is 4.59. The van der Waals surface area contributed by atoms with Crippen LogP contribution in [0.4, 0.5) is 5.69 Å². The molecule has 0 radical (unpaired) electrons. The number of ketones is 1. The number of amides is 1. The Labute approximate surface area is 198 Å². The lowest BCUT2D eigenvalue weighted by Gasteiger charge is -2.26. The average molecular weight is 456 g/mol. The highest BCUT2D eigenvalue weighted by Crippen LogP contribution is 2.43. The third-order valence-electron chi connectivity index (χ3n) is 6.19. The highest BCUT2D eigenvalue weighted by atomic mass is 16.5. The van der Waals surface area contributed by atoms with Gasteiger partial charge >= 0.3 is 0 Å². The van der Waals surface area contributed by atoms with E-state index < -0.39 is 17.7 Å². The number of ether oxygens (including phenoxy) is 2. The number of Topliss-reactive ketones (excluding diaryl/α,β-unsaturated/α-hetero) is 1. The molecule has 1 saturated heterocycles. The highest BCUT2D eigenvalue weighted by molar-refractivity contribution is 6.51. The van der Waals surface area contributed by atoms with Crippen LogP contribution < -0.4 is 14.4 Å². The number of hydrogen-bond donors (Lipinski definition) is 1. The van der Waals surface area contributed by atoms with Gasteiger partial charge in [0.1, 0.15) is 17.3 Å². The van der Waals surface area contributed by atoms with E-state index in [1.54, 1.807) is 18.2 Å². The van der Waals surface area contributed by atoms with Gasteiger partial charge in [0.2, 0.25) is 0 Å². The minimum Gasteiger partial charge on any atom is -0.507 e. The number of carbonyl (C=O) groups excluding carboxylic acids is 2. The van der Waals surface area contributed by atoms with Crippen molar-refractivity contribution in [1.82, 2.24) is 0 Å². The van der Waals surface area contributed by atoms with Crippen molar-refractivity contribution >= 4 is 23.1 Å². The van der Waals surface area contributed by atoms with Gasteiger partial charge in [0, 0.05) is 17.7 Å². The molecule has 0 bridgehead atoms. The molecule has 2 aliphatic heterocycles. The molecule has 0 spiro atoms. The monoisotopic (exact) mass is 455 g/mol. The SMILES string of the molecule is CCOc1ccc(C2/C(=C(/O)c3ccc4c(c3)CCO4)C(=O)C(=O)N2c2cccc(C)c2)cc1. The lowest BCUT2D eigenvalue weighted by atomic mass is 9.94. The van der Waals surface area contributed by atoms with Gasteiger partial charge in [-0.15, -0.1) is 0 Å².